The lowest BCUT2D eigenvalue weighted by molar-refractivity contribution is 0.190. The topological polar surface area (TPSA) is 27.0 Å². The van der Waals surface area contributed by atoms with E-state index in [1.807, 2.05) is 6.07 Å². The van der Waals surface area contributed by atoms with E-state index in [0.717, 1.165) is 51.6 Å². The molecule has 0 spiro atoms. The maximum Gasteiger partial charge on any atom is 0.130 e. The quantitative estimate of drug-likeness (QED) is 0.427. The molecule has 4 heteroatoms. The molecule has 0 aliphatic heterocycles. The molecule has 2 aromatic carbocycles. The third-order valence-corrected chi connectivity index (χ3v) is 7.18. The van der Waals surface area contributed by atoms with Crippen molar-refractivity contribution in [2.45, 2.75) is 70.3 Å². The first kappa shape index (κ1) is 23.4. The average molecular weight is 425 g/mol. The molecule has 2 unspecified atom stereocenters. The van der Waals surface area contributed by atoms with Crippen molar-refractivity contribution in [3.05, 3.63) is 71.3 Å². The Morgan fingerprint density at radius 1 is 1.06 bits per heavy atom. The molecule has 0 heterocycles. The Morgan fingerprint density at radius 2 is 1.71 bits per heavy atom. The molecule has 2 nitrogen and oxygen atoms in total. The van der Waals surface area contributed by atoms with Crippen LogP contribution in [0.1, 0.15) is 63.5 Å². The number of nitriles is 1. The van der Waals surface area contributed by atoms with Crippen LogP contribution in [0, 0.1) is 28.9 Å². The van der Waals surface area contributed by atoms with Gasteiger partial charge in [0, 0.05) is 18.2 Å². The molecule has 0 N–H and O–H groups in total. The molecule has 0 bridgehead atoms. The van der Waals surface area contributed by atoms with Crippen LogP contribution in [0.2, 0.25) is 0 Å². The van der Waals surface area contributed by atoms with E-state index in [2.05, 4.69) is 49.1 Å². The van der Waals surface area contributed by atoms with Crippen LogP contribution in [-0.4, -0.2) is 24.0 Å². The van der Waals surface area contributed by atoms with Crippen LogP contribution in [0.15, 0.2) is 48.5 Å². The van der Waals surface area contributed by atoms with E-state index in [0.29, 0.717) is 6.42 Å². The zero-order valence-corrected chi connectivity index (χ0v) is 18.8. The first-order valence-corrected chi connectivity index (χ1v) is 11.7. The lowest BCUT2D eigenvalue weighted by Crippen LogP contribution is -2.39. The van der Waals surface area contributed by atoms with Gasteiger partial charge in [-0.25, -0.2) is 8.78 Å². The van der Waals surface area contributed by atoms with E-state index in [4.69, 9.17) is 0 Å². The average Bonchev–Trinajstić information content (AvgIpc) is 3.32. The maximum absolute atomic E-state index is 14.8. The van der Waals surface area contributed by atoms with Gasteiger partial charge < -0.3 is 4.90 Å². The zero-order chi connectivity index (χ0) is 22.3. The molecule has 0 radical (unpaired) electrons. The number of hydrogen-bond donors (Lipinski definition) is 0. The van der Waals surface area contributed by atoms with Crippen molar-refractivity contribution < 1.29 is 8.78 Å². The minimum atomic E-state index is -1.10. The summed E-state index contributed by atoms with van der Waals surface area (Å²) in [6.45, 7) is 6.15. The van der Waals surface area contributed by atoms with Gasteiger partial charge in [-0.2, -0.15) is 5.26 Å². The summed E-state index contributed by atoms with van der Waals surface area (Å²) in [5, 5.41) is 10.3. The molecule has 1 aliphatic carbocycles. The smallest absolute Gasteiger partial charge is 0.130 e. The van der Waals surface area contributed by atoms with Gasteiger partial charge in [0.2, 0.25) is 0 Å². The van der Waals surface area contributed by atoms with Crippen LogP contribution in [0.4, 0.5) is 8.78 Å². The van der Waals surface area contributed by atoms with Crippen LogP contribution >= 0.6 is 0 Å². The second-order valence-electron chi connectivity index (χ2n) is 8.91. The van der Waals surface area contributed by atoms with Crippen LogP contribution in [-0.2, 0) is 11.8 Å². The third-order valence-electron chi connectivity index (χ3n) is 7.18. The van der Waals surface area contributed by atoms with E-state index < -0.39 is 17.0 Å². The van der Waals surface area contributed by atoms with Crippen LogP contribution in [0.3, 0.4) is 0 Å². The van der Waals surface area contributed by atoms with Crippen molar-refractivity contribution in [2.75, 3.05) is 13.1 Å². The largest absolute Gasteiger partial charge is 0.301 e. The SMILES string of the molecule is CCN(CCc1ccccc1)C(C)CCC(C#N)(c1c(F)cccc1F)C1CCCC1. The highest BCUT2D eigenvalue weighted by Crippen LogP contribution is 2.47. The third kappa shape index (κ3) is 5.33. The highest BCUT2D eigenvalue weighted by molar-refractivity contribution is 5.36. The summed E-state index contributed by atoms with van der Waals surface area (Å²) in [6, 6.07) is 17.0. The summed E-state index contributed by atoms with van der Waals surface area (Å²) in [4.78, 5) is 2.40. The predicted molar refractivity (Wildman–Crippen MR) is 122 cm³/mol. The van der Waals surface area contributed by atoms with E-state index in [1.165, 1.54) is 23.8 Å². The van der Waals surface area contributed by atoms with Crippen molar-refractivity contribution in [1.29, 1.82) is 5.26 Å². The molecule has 2 atom stereocenters. The Morgan fingerprint density at radius 3 is 2.29 bits per heavy atom. The van der Waals surface area contributed by atoms with E-state index >= 15 is 0 Å². The summed E-state index contributed by atoms with van der Waals surface area (Å²) in [5.74, 6) is -1.16. The van der Waals surface area contributed by atoms with E-state index in [-0.39, 0.29) is 17.5 Å². The fraction of sp³-hybridized carbons (Fsp3) is 0.519. The van der Waals surface area contributed by atoms with Gasteiger partial charge in [0.15, 0.2) is 0 Å². The van der Waals surface area contributed by atoms with Crippen molar-refractivity contribution in [3.8, 4) is 6.07 Å². The summed E-state index contributed by atoms with van der Waals surface area (Å²) < 4.78 is 29.7. The van der Waals surface area contributed by atoms with Crippen LogP contribution in [0.5, 0.6) is 0 Å². The van der Waals surface area contributed by atoms with Gasteiger partial charge in [0.1, 0.15) is 11.6 Å². The molecular formula is C27H34F2N2. The number of benzene rings is 2. The Bertz CT molecular complexity index is 850. The van der Waals surface area contributed by atoms with Gasteiger partial charge in [0.25, 0.3) is 0 Å². The summed E-state index contributed by atoms with van der Waals surface area (Å²) in [7, 11) is 0. The fourth-order valence-electron chi connectivity index (χ4n) is 5.31. The standard InChI is InChI=1S/C27H34F2N2/c1-3-31(19-17-22-10-5-4-6-11-22)21(2)16-18-27(20-30,23-12-7-8-13-23)26-24(28)14-9-15-25(26)29/h4-6,9-11,14-15,21,23H,3,7-8,12-13,16-19H2,1-2H3. The molecule has 31 heavy (non-hydrogen) atoms. The molecule has 1 saturated carbocycles. The van der Waals surface area contributed by atoms with Gasteiger partial charge in [-0.1, -0.05) is 56.2 Å². The monoisotopic (exact) mass is 424 g/mol. The molecule has 1 aliphatic rings. The number of hydrogen-bond acceptors (Lipinski definition) is 2. The summed E-state index contributed by atoms with van der Waals surface area (Å²) in [5.41, 5.74) is 0.196. The number of nitrogens with zero attached hydrogens (tertiary/aromatic N) is 2. The Hall–Kier alpha value is -2.25. The van der Waals surface area contributed by atoms with Crippen molar-refractivity contribution in [1.82, 2.24) is 4.90 Å². The lowest BCUT2D eigenvalue weighted by atomic mass is 9.66. The Labute approximate surface area is 185 Å². The molecule has 2 aromatic rings. The highest BCUT2D eigenvalue weighted by Gasteiger charge is 2.45. The maximum atomic E-state index is 14.8. The lowest BCUT2D eigenvalue weighted by Gasteiger charge is -2.36. The Kier molecular flexibility index (Phi) is 8.21. The predicted octanol–water partition coefficient (Wildman–Crippen LogP) is 6.65. The number of halogens is 2. The minimum Gasteiger partial charge on any atom is -0.301 e. The Balaban J connectivity index is 1.77. The summed E-state index contributed by atoms with van der Waals surface area (Å²) in [6.07, 6.45) is 5.96. The minimum absolute atomic E-state index is 0.00972. The molecule has 0 aromatic heterocycles. The van der Waals surface area contributed by atoms with Gasteiger partial charge in [-0.05, 0) is 69.2 Å². The van der Waals surface area contributed by atoms with Crippen molar-refractivity contribution in [2.24, 2.45) is 5.92 Å². The van der Waals surface area contributed by atoms with E-state index in [1.54, 1.807) is 0 Å². The molecule has 3 rings (SSSR count). The molecular weight excluding hydrogens is 390 g/mol. The van der Waals surface area contributed by atoms with Gasteiger partial charge in [0.05, 0.1) is 11.5 Å². The molecule has 0 amide bonds. The van der Waals surface area contributed by atoms with E-state index in [9.17, 15) is 14.0 Å². The second-order valence-corrected chi connectivity index (χ2v) is 8.91. The first-order valence-electron chi connectivity index (χ1n) is 11.7. The number of rotatable bonds is 10. The normalized spacial score (nSPS) is 17.4. The summed E-state index contributed by atoms with van der Waals surface area (Å²) >= 11 is 0. The second kappa shape index (κ2) is 10.9. The molecule has 0 saturated heterocycles. The van der Waals surface area contributed by atoms with Crippen molar-refractivity contribution in [3.63, 3.8) is 0 Å². The van der Waals surface area contributed by atoms with Gasteiger partial charge >= 0.3 is 0 Å². The molecule has 1 fully saturated rings. The van der Waals surface area contributed by atoms with Gasteiger partial charge in [-0.3, -0.25) is 0 Å². The van der Waals surface area contributed by atoms with Crippen LogP contribution < -0.4 is 0 Å². The number of likely N-dealkylation sites (N-methyl/N-ethyl adjacent to an activating group) is 1. The zero-order valence-electron chi connectivity index (χ0n) is 18.8. The highest BCUT2D eigenvalue weighted by atomic mass is 19.1. The van der Waals surface area contributed by atoms with Crippen molar-refractivity contribution >= 4 is 0 Å². The molecule has 166 valence electrons. The van der Waals surface area contributed by atoms with Crippen LogP contribution in [0.25, 0.3) is 0 Å². The van der Waals surface area contributed by atoms with Gasteiger partial charge in [-0.15, -0.1) is 0 Å². The first-order chi connectivity index (χ1) is 15.0. The fourth-order valence-corrected chi connectivity index (χ4v) is 5.31.